The van der Waals surface area contributed by atoms with Crippen molar-refractivity contribution in [3.05, 3.63) is 0 Å². The van der Waals surface area contributed by atoms with Crippen LogP contribution >= 0.6 is 15.6 Å². The molecule has 0 saturated carbocycles. The van der Waals surface area contributed by atoms with Gasteiger partial charge in [-0.2, -0.15) is 0 Å². The molecule has 0 saturated heterocycles. The Balaban J connectivity index is 5.24. The third kappa shape index (κ3) is 63.9. The van der Waals surface area contributed by atoms with Crippen LogP contribution in [0.2, 0.25) is 0 Å². The lowest BCUT2D eigenvalue weighted by Crippen LogP contribution is -2.30. The molecule has 0 spiro atoms. The van der Waals surface area contributed by atoms with Gasteiger partial charge in [0.15, 0.2) is 12.2 Å². The number of esters is 4. The van der Waals surface area contributed by atoms with Crippen molar-refractivity contribution in [1.29, 1.82) is 0 Å². The Labute approximate surface area is 556 Å². The average Bonchev–Trinajstić information content (AvgIpc) is 2.72. The fourth-order valence-electron chi connectivity index (χ4n) is 10.8. The minimum atomic E-state index is -4.95. The van der Waals surface area contributed by atoms with Crippen LogP contribution in [0.1, 0.15) is 357 Å². The molecule has 0 bridgehead atoms. The maximum Gasteiger partial charge on any atom is 0.472 e. The molecular formula is C72H140O17P2. The van der Waals surface area contributed by atoms with E-state index in [0.717, 1.165) is 108 Å². The maximum absolute atomic E-state index is 13.0. The maximum atomic E-state index is 13.0. The number of unbranched alkanes of at least 4 members (excludes halogenated alkanes) is 33. The van der Waals surface area contributed by atoms with Gasteiger partial charge < -0.3 is 33.8 Å². The van der Waals surface area contributed by atoms with Crippen LogP contribution in [-0.2, 0) is 65.4 Å². The second-order valence-corrected chi connectivity index (χ2v) is 30.3. The quantitative estimate of drug-likeness (QED) is 0.0222. The number of hydrogen-bond acceptors (Lipinski definition) is 15. The summed E-state index contributed by atoms with van der Waals surface area (Å²) in [5.74, 6) is 0.916. The number of phosphoric acid groups is 2. The number of ether oxygens (including phenoxy) is 4. The van der Waals surface area contributed by atoms with Gasteiger partial charge >= 0.3 is 39.5 Å². The van der Waals surface area contributed by atoms with E-state index in [1.54, 1.807) is 0 Å². The lowest BCUT2D eigenvalue weighted by Gasteiger charge is -2.21. The highest BCUT2D eigenvalue weighted by Gasteiger charge is 2.30. The summed E-state index contributed by atoms with van der Waals surface area (Å²) in [5.41, 5.74) is 0. The van der Waals surface area contributed by atoms with E-state index >= 15 is 0 Å². The van der Waals surface area contributed by atoms with Gasteiger partial charge in [0.05, 0.1) is 26.4 Å². The van der Waals surface area contributed by atoms with Gasteiger partial charge in [-0.1, -0.05) is 306 Å². The number of aliphatic hydroxyl groups is 1. The number of aliphatic hydroxyl groups excluding tert-OH is 1. The third-order valence-corrected chi connectivity index (χ3v) is 19.2. The van der Waals surface area contributed by atoms with E-state index in [1.165, 1.54) is 161 Å². The van der Waals surface area contributed by atoms with E-state index in [1.807, 2.05) is 0 Å². The topological polar surface area (TPSA) is 237 Å². The van der Waals surface area contributed by atoms with E-state index in [2.05, 4.69) is 55.4 Å². The van der Waals surface area contributed by atoms with Crippen LogP contribution in [0.15, 0.2) is 0 Å². The highest BCUT2D eigenvalue weighted by molar-refractivity contribution is 7.47. The molecule has 19 heteroatoms. The van der Waals surface area contributed by atoms with Crippen molar-refractivity contribution in [3.8, 4) is 0 Å². The first-order chi connectivity index (χ1) is 43.7. The predicted octanol–water partition coefficient (Wildman–Crippen LogP) is 20.5. The van der Waals surface area contributed by atoms with Crippen molar-refractivity contribution in [1.82, 2.24) is 0 Å². The second kappa shape index (κ2) is 61.6. The van der Waals surface area contributed by atoms with Gasteiger partial charge in [0, 0.05) is 25.7 Å². The summed E-state index contributed by atoms with van der Waals surface area (Å²) in [6, 6.07) is 0. The van der Waals surface area contributed by atoms with Gasteiger partial charge in [-0.05, 0) is 49.4 Å². The Bertz CT molecular complexity index is 1800. The van der Waals surface area contributed by atoms with E-state index in [-0.39, 0.29) is 25.7 Å². The molecule has 3 N–H and O–H groups in total. The smallest absolute Gasteiger partial charge is 0.462 e. The molecule has 0 aliphatic rings. The number of hydrogen-bond donors (Lipinski definition) is 3. The molecule has 0 aromatic carbocycles. The molecule has 0 aromatic heterocycles. The Morgan fingerprint density at radius 3 is 0.780 bits per heavy atom. The molecule has 7 atom stereocenters. The average molecular weight is 1340 g/mol. The Hall–Kier alpha value is -1.94. The summed E-state index contributed by atoms with van der Waals surface area (Å²) in [6.45, 7) is 14.1. The minimum absolute atomic E-state index is 0.102. The minimum Gasteiger partial charge on any atom is -0.462 e. The number of carbonyl (C=O) groups excluding carboxylic acids is 4. The normalized spacial score (nSPS) is 14.8. The first-order valence-corrected chi connectivity index (χ1v) is 40.3. The summed E-state index contributed by atoms with van der Waals surface area (Å²) in [7, 11) is -9.91. The van der Waals surface area contributed by atoms with E-state index in [0.29, 0.717) is 31.6 Å². The predicted molar refractivity (Wildman–Crippen MR) is 367 cm³/mol. The van der Waals surface area contributed by atoms with Crippen molar-refractivity contribution in [2.75, 3.05) is 39.6 Å². The van der Waals surface area contributed by atoms with Gasteiger partial charge in [0.1, 0.15) is 19.3 Å². The van der Waals surface area contributed by atoms with Crippen LogP contribution in [0.25, 0.3) is 0 Å². The Morgan fingerprint density at radius 2 is 0.527 bits per heavy atom. The van der Waals surface area contributed by atoms with E-state index in [4.69, 9.17) is 37.0 Å². The van der Waals surface area contributed by atoms with E-state index in [9.17, 15) is 43.2 Å². The molecule has 540 valence electrons. The monoisotopic (exact) mass is 1340 g/mol. The van der Waals surface area contributed by atoms with Gasteiger partial charge in [-0.3, -0.25) is 37.3 Å². The number of carbonyl (C=O) groups is 4. The van der Waals surface area contributed by atoms with Crippen LogP contribution in [-0.4, -0.2) is 96.7 Å². The molecule has 0 aromatic rings. The standard InChI is InChI=1S/C72H140O17P2/c1-9-64(7)50-42-34-26-17-15-13-11-12-14-16-18-30-38-46-54-71(76)88-67(58-83-70(75)53-45-37-29-22-20-27-35-43-51-65(8)10-2)60-86-90(78,79)84-56-66(73)57-85-91(80,81)87-61-68(89-72(77)55-47-39-31-23-25-33-41-49-63(5)6)59-82-69(74)52-44-36-28-21-19-24-32-40-48-62(3)4/h62-68,73H,9-61H2,1-8H3,(H,78,79)(H,80,81)/t64?,65?,66?,67-,68-/m1/s1. The summed E-state index contributed by atoms with van der Waals surface area (Å²) in [4.78, 5) is 72.6. The highest BCUT2D eigenvalue weighted by atomic mass is 31.2. The van der Waals surface area contributed by atoms with Crippen LogP contribution in [0, 0.1) is 23.7 Å². The van der Waals surface area contributed by atoms with E-state index < -0.39 is 97.5 Å². The van der Waals surface area contributed by atoms with Crippen molar-refractivity contribution in [2.45, 2.75) is 375 Å². The first kappa shape index (κ1) is 89.1. The first-order valence-electron chi connectivity index (χ1n) is 37.3. The zero-order valence-corrected chi connectivity index (χ0v) is 61.3. The van der Waals surface area contributed by atoms with Crippen LogP contribution < -0.4 is 0 Å². The molecule has 5 unspecified atom stereocenters. The molecule has 0 aliphatic carbocycles. The van der Waals surface area contributed by atoms with Gasteiger partial charge in [0.2, 0.25) is 0 Å². The molecule has 0 rings (SSSR count). The molecule has 0 aliphatic heterocycles. The zero-order valence-electron chi connectivity index (χ0n) is 59.5. The molecule has 0 radical (unpaired) electrons. The Kier molecular flexibility index (Phi) is 60.3. The molecule has 91 heavy (non-hydrogen) atoms. The fraction of sp³-hybridized carbons (Fsp3) is 0.944. The molecule has 0 amide bonds. The summed E-state index contributed by atoms with van der Waals surface area (Å²) in [5, 5.41) is 10.6. The molecule has 0 fully saturated rings. The zero-order chi connectivity index (χ0) is 67.5. The number of phosphoric ester groups is 2. The largest absolute Gasteiger partial charge is 0.472 e. The lowest BCUT2D eigenvalue weighted by molar-refractivity contribution is -0.161. The van der Waals surface area contributed by atoms with Gasteiger partial charge in [-0.25, -0.2) is 9.13 Å². The van der Waals surface area contributed by atoms with Crippen molar-refractivity contribution >= 4 is 39.5 Å². The van der Waals surface area contributed by atoms with Crippen LogP contribution in [0.4, 0.5) is 0 Å². The van der Waals surface area contributed by atoms with Gasteiger partial charge in [-0.15, -0.1) is 0 Å². The highest BCUT2D eigenvalue weighted by Crippen LogP contribution is 2.45. The molecule has 17 nitrogen and oxygen atoms in total. The summed E-state index contributed by atoms with van der Waals surface area (Å²) in [6.07, 6.45) is 44.5. The third-order valence-electron chi connectivity index (χ3n) is 17.3. The van der Waals surface area contributed by atoms with Crippen molar-refractivity contribution < 1.29 is 80.2 Å². The summed E-state index contributed by atoms with van der Waals surface area (Å²) < 4.78 is 68.3. The van der Waals surface area contributed by atoms with Crippen LogP contribution in [0.3, 0.4) is 0 Å². The number of rotatable bonds is 69. The summed E-state index contributed by atoms with van der Waals surface area (Å²) >= 11 is 0. The second-order valence-electron chi connectivity index (χ2n) is 27.4. The molecule has 0 heterocycles. The van der Waals surface area contributed by atoms with Crippen molar-refractivity contribution in [2.24, 2.45) is 23.7 Å². The van der Waals surface area contributed by atoms with Crippen LogP contribution in [0.5, 0.6) is 0 Å². The van der Waals surface area contributed by atoms with Crippen molar-refractivity contribution in [3.63, 3.8) is 0 Å². The Morgan fingerprint density at radius 1 is 0.308 bits per heavy atom. The molecular weight excluding hydrogens is 1200 g/mol. The SMILES string of the molecule is CCC(C)CCCCCCCCCCCCCCCCC(=O)O[C@H](COC(=O)CCCCCCCCCCC(C)CC)COP(=O)(O)OCC(O)COP(=O)(O)OC[C@@H](COC(=O)CCCCCCCCCCC(C)C)OC(=O)CCCCCCCCCC(C)C. The van der Waals surface area contributed by atoms with Gasteiger partial charge in [0.25, 0.3) is 0 Å². The fourth-order valence-corrected chi connectivity index (χ4v) is 12.4. The lowest BCUT2D eigenvalue weighted by atomic mass is 9.99.